The van der Waals surface area contributed by atoms with Crippen molar-refractivity contribution in [3.8, 4) is 17.3 Å². The van der Waals surface area contributed by atoms with E-state index >= 15 is 0 Å². The highest BCUT2D eigenvalue weighted by atomic mass is 16.5. The summed E-state index contributed by atoms with van der Waals surface area (Å²) in [5.41, 5.74) is 3.66. The number of aromatic nitrogens is 3. The molecule has 0 saturated heterocycles. The summed E-state index contributed by atoms with van der Waals surface area (Å²) in [6.07, 6.45) is 1.74. The van der Waals surface area contributed by atoms with Crippen LogP contribution in [-0.4, -0.2) is 21.6 Å². The monoisotopic (exact) mass is 320 g/mol. The second kappa shape index (κ2) is 7.08. The van der Waals surface area contributed by atoms with Gasteiger partial charge in [-0.15, -0.1) is 0 Å². The van der Waals surface area contributed by atoms with E-state index in [-0.39, 0.29) is 0 Å². The van der Waals surface area contributed by atoms with Crippen LogP contribution in [0.4, 0.5) is 11.5 Å². The molecule has 5 heteroatoms. The summed E-state index contributed by atoms with van der Waals surface area (Å²) in [5.74, 6) is 2.26. The topological polar surface area (TPSA) is 59.9 Å². The van der Waals surface area contributed by atoms with E-state index in [0.29, 0.717) is 12.4 Å². The lowest BCUT2D eigenvalue weighted by molar-refractivity contribution is 0.340. The highest BCUT2D eigenvalue weighted by Crippen LogP contribution is 2.24. The molecule has 2 heterocycles. The zero-order valence-corrected chi connectivity index (χ0v) is 14.1. The Labute approximate surface area is 141 Å². The number of hydrogen-bond acceptors (Lipinski definition) is 5. The van der Waals surface area contributed by atoms with Crippen LogP contribution in [0.3, 0.4) is 0 Å². The predicted octanol–water partition coefficient (Wildman–Crippen LogP) is 4.30. The van der Waals surface area contributed by atoms with E-state index in [9.17, 15) is 0 Å². The SMILES string of the molecule is CCOc1ccc(Nc2nc(-c3ccccn3)nc(C)c2C)cc1. The van der Waals surface area contributed by atoms with Crippen LogP contribution in [0, 0.1) is 13.8 Å². The fourth-order valence-electron chi connectivity index (χ4n) is 2.30. The number of aryl methyl sites for hydroxylation is 1. The van der Waals surface area contributed by atoms with Gasteiger partial charge in [-0.05, 0) is 57.2 Å². The van der Waals surface area contributed by atoms with Gasteiger partial charge in [-0.25, -0.2) is 9.97 Å². The molecule has 0 aliphatic rings. The van der Waals surface area contributed by atoms with Gasteiger partial charge in [0.05, 0.1) is 6.61 Å². The first-order valence-electron chi connectivity index (χ1n) is 7.94. The average Bonchev–Trinajstić information content (AvgIpc) is 2.61. The van der Waals surface area contributed by atoms with Crippen molar-refractivity contribution >= 4 is 11.5 Å². The largest absolute Gasteiger partial charge is 0.494 e. The molecular weight excluding hydrogens is 300 g/mol. The molecule has 1 aromatic carbocycles. The van der Waals surface area contributed by atoms with Gasteiger partial charge in [-0.1, -0.05) is 6.07 Å². The first-order valence-corrected chi connectivity index (χ1v) is 7.94. The molecule has 3 aromatic rings. The molecule has 0 bridgehead atoms. The molecule has 0 fully saturated rings. The van der Waals surface area contributed by atoms with Crippen LogP contribution in [0.2, 0.25) is 0 Å². The molecule has 0 radical (unpaired) electrons. The first-order chi connectivity index (χ1) is 11.7. The maximum absolute atomic E-state index is 5.47. The second-order valence-corrected chi connectivity index (χ2v) is 5.40. The third-order valence-corrected chi connectivity index (χ3v) is 3.71. The molecular formula is C19H20N4O. The number of ether oxygens (including phenoxy) is 1. The van der Waals surface area contributed by atoms with Gasteiger partial charge in [0.1, 0.15) is 17.3 Å². The van der Waals surface area contributed by atoms with Crippen LogP contribution in [-0.2, 0) is 0 Å². The molecule has 0 aliphatic heterocycles. The van der Waals surface area contributed by atoms with Crippen molar-refractivity contribution in [2.45, 2.75) is 20.8 Å². The van der Waals surface area contributed by atoms with E-state index in [1.807, 2.05) is 63.2 Å². The van der Waals surface area contributed by atoms with Crippen molar-refractivity contribution in [1.82, 2.24) is 15.0 Å². The van der Waals surface area contributed by atoms with Crippen molar-refractivity contribution < 1.29 is 4.74 Å². The van der Waals surface area contributed by atoms with Gasteiger partial charge in [0.25, 0.3) is 0 Å². The maximum Gasteiger partial charge on any atom is 0.180 e. The van der Waals surface area contributed by atoms with Crippen molar-refractivity contribution in [1.29, 1.82) is 0 Å². The predicted molar refractivity (Wildman–Crippen MR) is 95.6 cm³/mol. The minimum Gasteiger partial charge on any atom is -0.494 e. The fourth-order valence-corrected chi connectivity index (χ4v) is 2.30. The van der Waals surface area contributed by atoms with Crippen LogP contribution in [0.25, 0.3) is 11.5 Å². The third-order valence-electron chi connectivity index (χ3n) is 3.71. The molecule has 0 saturated carbocycles. The first kappa shape index (κ1) is 15.9. The minimum absolute atomic E-state index is 0.618. The summed E-state index contributed by atoms with van der Waals surface area (Å²) >= 11 is 0. The molecule has 0 spiro atoms. The van der Waals surface area contributed by atoms with Crippen molar-refractivity contribution in [2.75, 3.05) is 11.9 Å². The molecule has 1 N–H and O–H groups in total. The molecule has 0 aliphatic carbocycles. The molecule has 24 heavy (non-hydrogen) atoms. The smallest absolute Gasteiger partial charge is 0.180 e. The zero-order valence-electron chi connectivity index (χ0n) is 14.1. The number of benzene rings is 1. The molecule has 122 valence electrons. The lowest BCUT2D eigenvalue weighted by Gasteiger charge is -2.12. The van der Waals surface area contributed by atoms with Gasteiger partial charge in [-0.2, -0.15) is 0 Å². The number of nitrogens with one attached hydrogen (secondary N) is 1. The van der Waals surface area contributed by atoms with Crippen LogP contribution in [0.1, 0.15) is 18.2 Å². The van der Waals surface area contributed by atoms with E-state index in [1.165, 1.54) is 0 Å². The third kappa shape index (κ3) is 3.51. The highest BCUT2D eigenvalue weighted by molar-refractivity contribution is 5.63. The van der Waals surface area contributed by atoms with Crippen molar-refractivity contribution in [3.05, 3.63) is 59.9 Å². The highest BCUT2D eigenvalue weighted by Gasteiger charge is 2.10. The Bertz CT molecular complexity index is 817. The quantitative estimate of drug-likeness (QED) is 0.759. The van der Waals surface area contributed by atoms with Crippen LogP contribution in [0.5, 0.6) is 5.75 Å². The molecule has 0 amide bonds. The van der Waals surface area contributed by atoms with Crippen molar-refractivity contribution in [2.24, 2.45) is 0 Å². The maximum atomic E-state index is 5.47. The van der Waals surface area contributed by atoms with Gasteiger partial charge < -0.3 is 10.1 Å². The van der Waals surface area contributed by atoms with Crippen LogP contribution >= 0.6 is 0 Å². The summed E-state index contributed by atoms with van der Waals surface area (Å²) in [4.78, 5) is 13.5. The zero-order chi connectivity index (χ0) is 16.9. The average molecular weight is 320 g/mol. The Morgan fingerprint density at radius 1 is 1.00 bits per heavy atom. The lowest BCUT2D eigenvalue weighted by atomic mass is 10.2. The number of rotatable bonds is 5. The van der Waals surface area contributed by atoms with E-state index in [2.05, 4.69) is 20.3 Å². The Balaban J connectivity index is 1.91. The van der Waals surface area contributed by atoms with E-state index in [1.54, 1.807) is 6.20 Å². The number of hydrogen-bond donors (Lipinski definition) is 1. The molecule has 0 unspecified atom stereocenters. The Hall–Kier alpha value is -2.95. The van der Waals surface area contributed by atoms with E-state index < -0.39 is 0 Å². The second-order valence-electron chi connectivity index (χ2n) is 5.40. The van der Waals surface area contributed by atoms with Gasteiger partial charge in [0.2, 0.25) is 0 Å². The van der Waals surface area contributed by atoms with Gasteiger partial charge in [0, 0.05) is 23.1 Å². The number of nitrogens with zero attached hydrogens (tertiary/aromatic N) is 3. The van der Waals surface area contributed by atoms with Gasteiger partial charge in [0.15, 0.2) is 5.82 Å². The van der Waals surface area contributed by atoms with E-state index in [4.69, 9.17) is 4.74 Å². The Morgan fingerprint density at radius 3 is 2.46 bits per heavy atom. The molecule has 5 nitrogen and oxygen atoms in total. The lowest BCUT2D eigenvalue weighted by Crippen LogP contribution is -2.03. The van der Waals surface area contributed by atoms with Crippen LogP contribution < -0.4 is 10.1 Å². The van der Waals surface area contributed by atoms with Crippen LogP contribution in [0.15, 0.2) is 48.7 Å². The summed E-state index contributed by atoms with van der Waals surface area (Å²) < 4.78 is 5.47. The fraction of sp³-hybridized carbons (Fsp3) is 0.211. The molecule has 0 atom stereocenters. The standard InChI is InChI=1S/C19H20N4O/c1-4-24-16-10-8-15(9-11-16)22-18-13(2)14(3)21-19(23-18)17-7-5-6-12-20-17/h5-12H,4H2,1-3H3,(H,21,22,23). The summed E-state index contributed by atoms with van der Waals surface area (Å²) in [5, 5.41) is 3.36. The van der Waals surface area contributed by atoms with Gasteiger partial charge >= 0.3 is 0 Å². The number of anilines is 2. The minimum atomic E-state index is 0.618. The Kier molecular flexibility index (Phi) is 4.70. The number of pyridine rings is 1. The Morgan fingerprint density at radius 2 is 1.79 bits per heavy atom. The van der Waals surface area contributed by atoms with E-state index in [0.717, 1.165) is 34.2 Å². The molecule has 2 aromatic heterocycles. The summed E-state index contributed by atoms with van der Waals surface area (Å²) in [6.45, 7) is 6.62. The molecule has 3 rings (SSSR count). The summed E-state index contributed by atoms with van der Waals surface area (Å²) in [6, 6.07) is 13.5. The van der Waals surface area contributed by atoms with Crippen molar-refractivity contribution in [3.63, 3.8) is 0 Å². The summed E-state index contributed by atoms with van der Waals surface area (Å²) in [7, 11) is 0. The normalized spacial score (nSPS) is 10.5. The van der Waals surface area contributed by atoms with Gasteiger partial charge in [-0.3, -0.25) is 4.98 Å².